The molecule has 1 aromatic rings. The highest BCUT2D eigenvalue weighted by atomic mass is 16.2. The van der Waals surface area contributed by atoms with Gasteiger partial charge in [-0.3, -0.25) is 9.69 Å². The molecule has 0 N–H and O–H groups in total. The summed E-state index contributed by atoms with van der Waals surface area (Å²) in [5.74, 6) is 6.80. The van der Waals surface area contributed by atoms with Gasteiger partial charge in [0, 0.05) is 37.2 Å². The van der Waals surface area contributed by atoms with Crippen molar-refractivity contribution in [2.24, 2.45) is 0 Å². The summed E-state index contributed by atoms with van der Waals surface area (Å²) in [6, 6.07) is 10.9. The summed E-state index contributed by atoms with van der Waals surface area (Å²) >= 11 is 0. The SMILES string of the molecule is CCC(=O)N1C2CCC1CN(CC#Cc1ccccc1)C2. The normalized spacial score (nSPS) is 24.5. The predicted molar refractivity (Wildman–Crippen MR) is 83.7 cm³/mol. The lowest BCUT2D eigenvalue weighted by Gasteiger charge is -2.40. The lowest BCUT2D eigenvalue weighted by Crippen LogP contribution is -2.55. The summed E-state index contributed by atoms with van der Waals surface area (Å²) in [7, 11) is 0. The van der Waals surface area contributed by atoms with Gasteiger partial charge in [-0.05, 0) is 25.0 Å². The minimum atomic E-state index is 0.317. The molecule has 2 heterocycles. The largest absolute Gasteiger partial charge is 0.334 e. The molecule has 0 aromatic heterocycles. The third-order valence-corrected chi connectivity index (χ3v) is 4.46. The highest BCUT2D eigenvalue weighted by Gasteiger charge is 2.41. The Hall–Kier alpha value is -1.79. The van der Waals surface area contributed by atoms with Crippen LogP contribution in [0, 0.1) is 11.8 Å². The monoisotopic (exact) mass is 282 g/mol. The molecule has 2 bridgehead atoms. The summed E-state index contributed by atoms with van der Waals surface area (Å²) < 4.78 is 0. The summed E-state index contributed by atoms with van der Waals surface area (Å²) in [5.41, 5.74) is 1.07. The molecule has 1 aromatic carbocycles. The Morgan fingerprint density at radius 1 is 1.19 bits per heavy atom. The van der Waals surface area contributed by atoms with Crippen LogP contribution in [0.5, 0.6) is 0 Å². The molecule has 2 fully saturated rings. The van der Waals surface area contributed by atoms with E-state index in [1.807, 2.05) is 37.3 Å². The van der Waals surface area contributed by atoms with E-state index in [-0.39, 0.29) is 0 Å². The van der Waals surface area contributed by atoms with E-state index in [0.717, 1.165) is 38.0 Å². The first-order chi connectivity index (χ1) is 10.3. The topological polar surface area (TPSA) is 23.6 Å². The molecule has 3 rings (SSSR count). The molecule has 1 amide bonds. The van der Waals surface area contributed by atoms with Gasteiger partial charge in [-0.2, -0.15) is 0 Å². The Labute approximate surface area is 126 Å². The van der Waals surface area contributed by atoms with E-state index in [4.69, 9.17) is 0 Å². The van der Waals surface area contributed by atoms with E-state index >= 15 is 0 Å². The van der Waals surface area contributed by atoms with Gasteiger partial charge in [0.1, 0.15) is 0 Å². The van der Waals surface area contributed by atoms with Crippen LogP contribution in [0.1, 0.15) is 31.7 Å². The maximum absolute atomic E-state index is 12.0. The second kappa shape index (κ2) is 6.32. The molecule has 0 aliphatic carbocycles. The second-order valence-electron chi connectivity index (χ2n) is 5.90. The van der Waals surface area contributed by atoms with Crippen molar-refractivity contribution in [1.82, 2.24) is 9.80 Å². The number of amides is 1. The van der Waals surface area contributed by atoms with Crippen molar-refractivity contribution in [1.29, 1.82) is 0 Å². The quantitative estimate of drug-likeness (QED) is 0.776. The van der Waals surface area contributed by atoms with Crippen LogP contribution in [-0.2, 0) is 4.79 Å². The number of hydrogen-bond acceptors (Lipinski definition) is 2. The molecule has 3 nitrogen and oxygen atoms in total. The molecule has 0 spiro atoms. The van der Waals surface area contributed by atoms with Crippen LogP contribution >= 0.6 is 0 Å². The zero-order valence-corrected chi connectivity index (χ0v) is 12.6. The summed E-state index contributed by atoms with van der Waals surface area (Å²) in [6.07, 6.45) is 2.93. The second-order valence-corrected chi connectivity index (χ2v) is 5.90. The van der Waals surface area contributed by atoms with Gasteiger partial charge in [0.15, 0.2) is 0 Å². The van der Waals surface area contributed by atoms with E-state index in [1.54, 1.807) is 0 Å². The van der Waals surface area contributed by atoms with Gasteiger partial charge < -0.3 is 4.90 Å². The van der Waals surface area contributed by atoms with Crippen LogP contribution < -0.4 is 0 Å². The lowest BCUT2D eigenvalue weighted by molar-refractivity contribution is -0.136. The number of hydrogen-bond donors (Lipinski definition) is 0. The fourth-order valence-electron chi connectivity index (χ4n) is 3.48. The first kappa shape index (κ1) is 14.2. The van der Waals surface area contributed by atoms with Crippen molar-refractivity contribution in [2.75, 3.05) is 19.6 Å². The number of carbonyl (C=O) groups is 1. The molecule has 2 aliphatic rings. The first-order valence-corrected chi connectivity index (χ1v) is 7.85. The number of rotatable bonds is 2. The summed E-state index contributed by atoms with van der Waals surface area (Å²) in [5, 5.41) is 0. The zero-order chi connectivity index (χ0) is 14.7. The molecule has 21 heavy (non-hydrogen) atoms. The predicted octanol–water partition coefficient (Wildman–Crippen LogP) is 2.12. The molecule has 110 valence electrons. The number of benzene rings is 1. The van der Waals surface area contributed by atoms with Gasteiger partial charge in [0.25, 0.3) is 0 Å². The molecule has 2 saturated heterocycles. The molecule has 0 radical (unpaired) electrons. The van der Waals surface area contributed by atoms with Gasteiger partial charge in [-0.25, -0.2) is 0 Å². The van der Waals surface area contributed by atoms with Gasteiger partial charge in [0.2, 0.25) is 5.91 Å². The average Bonchev–Trinajstić information content (AvgIpc) is 2.78. The molecule has 2 atom stereocenters. The van der Waals surface area contributed by atoms with Crippen LogP contribution in [0.3, 0.4) is 0 Å². The fraction of sp³-hybridized carbons (Fsp3) is 0.500. The van der Waals surface area contributed by atoms with Crippen molar-refractivity contribution in [3.63, 3.8) is 0 Å². The average molecular weight is 282 g/mol. The number of nitrogens with zero attached hydrogens (tertiary/aromatic N) is 2. The standard InChI is InChI=1S/C18H22N2O/c1-2-18(21)20-16-10-11-17(20)14-19(13-16)12-6-9-15-7-4-3-5-8-15/h3-5,7-8,16-17H,2,10-14H2,1H3. The van der Waals surface area contributed by atoms with E-state index in [9.17, 15) is 4.79 Å². The van der Waals surface area contributed by atoms with Gasteiger partial charge >= 0.3 is 0 Å². The Bertz CT molecular complexity index is 544. The van der Waals surface area contributed by atoms with E-state index < -0.39 is 0 Å². The Kier molecular flexibility index (Phi) is 4.26. The number of carbonyl (C=O) groups excluding carboxylic acids is 1. The maximum Gasteiger partial charge on any atom is 0.222 e. The van der Waals surface area contributed by atoms with E-state index in [0.29, 0.717) is 24.4 Å². The fourth-order valence-corrected chi connectivity index (χ4v) is 3.48. The van der Waals surface area contributed by atoms with Crippen molar-refractivity contribution in [3.05, 3.63) is 35.9 Å². The molecular weight excluding hydrogens is 260 g/mol. The van der Waals surface area contributed by atoms with Crippen LogP contribution in [0.4, 0.5) is 0 Å². The summed E-state index contributed by atoms with van der Waals surface area (Å²) in [4.78, 5) is 16.6. The van der Waals surface area contributed by atoms with Crippen LogP contribution in [0.15, 0.2) is 30.3 Å². The van der Waals surface area contributed by atoms with Crippen molar-refractivity contribution >= 4 is 5.91 Å². The lowest BCUT2D eigenvalue weighted by atomic mass is 10.1. The Morgan fingerprint density at radius 3 is 2.48 bits per heavy atom. The van der Waals surface area contributed by atoms with Gasteiger partial charge in [0.05, 0.1) is 6.54 Å². The number of piperazine rings is 1. The van der Waals surface area contributed by atoms with Crippen LogP contribution in [0.2, 0.25) is 0 Å². The third-order valence-electron chi connectivity index (χ3n) is 4.46. The van der Waals surface area contributed by atoms with Gasteiger partial charge in [-0.15, -0.1) is 0 Å². The molecule has 0 saturated carbocycles. The zero-order valence-electron chi connectivity index (χ0n) is 12.6. The number of fused-ring (bicyclic) bond motifs is 2. The minimum absolute atomic E-state index is 0.317. The van der Waals surface area contributed by atoms with Crippen LogP contribution in [0.25, 0.3) is 0 Å². The summed E-state index contributed by atoms with van der Waals surface area (Å²) in [6.45, 7) is 4.72. The molecular formula is C18H22N2O. The molecule has 2 aliphatic heterocycles. The van der Waals surface area contributed by atoms with Crippen molar-refractivity contribution in [2.45, 2.75) is 38.3 Å². The van der Waals surface area contributed by atoms with Crippen LogP contribution in [-0.4, -0.2) is 47.4 Å². The number of likely N-dealkylation sites (tertiary alicyclic amines) is 1. The smallest absolute Gasteiger partial charge is 0.222 e. The highest BCUT2D eigenvalue weighted by molar-refractivity contribution is 5.77. The minimum Gasteiger partial charge on any atom is -0.334 e. The van der Waals surface area contributed by atoms with Crippen molar-refractivity contribution < 1.29 is 4.79 Å². The Morgan fingerprint density at radius 2 is 1.86 bits per heavy atom. The third kappa shape index (κ3) is 3.11. The van der Waals surface area contributed by atoms with E-state index in [1.165, 1.54) is 0 Å². The first-order valence-electron chi connectivity index (χ1n) is 7.85. The maximum atomic E-state index is 12.0. The van der Waals surface area contributed by atoms with Gasteiger partial charge in [-0.1, -0.05) is 37.0 Å². The highest BCUT2D eigenvalue weighted by Crippen LogP contribution is 2.30. The Balaban J connectivity index is 1.59. The molecule has 2 unspecified atom stereocenters. The van der Waals surface area contributed by atoms with Crippen molar-refractivity contribution in [3.8, 4) is 11.8 Å². The van der Waals surface area contributed by atoms with E-state index in [2.05, 4.69) is 21.6 Å². The molecule has 3 heteroatoms.